The molecular formula is C21H17F3N2O2. The first-order chi connectivity index (χ1) is 13.4. The molecule has 1 amide bonds. The third kappa shape index (κ3) is 3.78. The zero-order valence-electron chi connectivity index (χ0n) is 14.8. The van der Waals surface area contributed by atoms with Crippen LogP contribution in [-0.2, 0) is 17.4 Å². The predicted molar refractivity (Wildman–Crippen MR) is 97.9 cm³/mol. The molecule has 7 heteroatoms. The zero-order chi connectivity index (χ0) is 19.7. The van der Waals surface area contributed by atoms with Crippen LogP contribution in [0, 0.1) is 0 Å². The number of rotatable bonds is 4. The lowest BCUT2D eigenvalue weighted by Crippen LogP contribution is -2.56. The van der Waals surface area contributed by atoms with Gasteiger partial charge in [-0.3, -0.25) is 4.79 Å². The number of aromatic nitrogens is 1. The maximum Gasteiger partial charge on any atom is 0.417 e. The van der Waals surface area contributed by atoms with E-state index in [4.69, 9.17) is 4.74 Å². The van der Waals surface area contributed by atoms with Crippen LogP contribution in [0.25, 0.3) is 10.8 Å². The van der Waals surface area contributed by atoms with E-state index in [-0.39, 0.29) is 17.9 Å². The molecule has 1 saturated heterocycles. The number of pyridine rings is 1. The van der Waals surface area contributed by atoms with Crippen molar-refractivity contribution in [3.8, 4) is 5.88 Å². The molecular weight excluding hydrogens is 369 g/mol. The number of halogens is 3. The number of ether oxygens (including phenoxy) is 1. The Morgan fingerprint density at radius 1 is 1.07 bits per heavy atom. The molecule has 4 rings (SSSR count). The number of carbonyl (C=O) groups excluding carboxylic acids is 1. The van der Waals surface area contributed by atoms with Gasteiger partial charge in [0.05, 0.1) is 25.1 Å². The number of nitrogens with zero attached hydrogens (tertiary/aromatic N) is 2. The zero-order valence-corrected chi connectivity index (χ0v) is 14.8. The minimum absolute atomic E-state index is 0.00317. The Bertz CT molecular complexity index is 991. The highest BCUT2D eigenvalue weighted by Gasteiger charge is 2.33. The predicted octanol–water partition coefficient (Wildman–Crippen LogP) is 4.09. The highest BCUT2D eigenvalue weighted by atomic mass is 19.4. The molecule has 2 aromatic carbocycles. The van der Waals surface area contributed by atoms with E-state index in [1.54, 1.807) is 4.90 Å². The average Bonchev–Trinajstić information content (AvgIpc) is 2.64. The summed E-state index contributed by atoms with van der Waals surface area (Å²) in [7, 11) is 0. The van der Waals surface area contributed by atoms with Gasteiger partial charge in [-0.2, -0.15) is 13.2 Å². The Morgan fingerprint density at radius 2 is 1.82 bits per heavy atom. The van der Waals surface area contributed by atoms with E-state index in [0.29, 0.717) is 19.5 Å². The number of carbonyl (C=O) groups is 1. The molecule has 0 spiro atoms. The summed E-state index contributed by atoms with van der Waals surface area (Å²) in [5, 5.41) is 2.15. The quantitative estimate of drug-likeness (QED) is 0.678. The molecule has 1 fully saturated rings. The fraction of sp³-hybridized carbons (Fsp3) is 0.238. The second kappa shape index (κ2) is 7.14. The summed E-state index contributed by atoms with van der Waals surface area (Å²) in [5.74, 6) is 0.121. The minimum atomic E-state index is -4.42. The fourth-order valence-corrected chi connectivity index (χ4v) is 3.23. The summed E-state index contributed by atoms with van der Waals surface area (Å²) in [6.45, 7) is 0.790. The molecule has 1 aliphatic rings. The van der Waals surface area contributed by atoms with E-state index in [2.05, 4.69) is 4.98 Å². The monoisotopic (exact) mass is 386 g/mol. The van der Waals surface area contributed by atoms with Crippen LogP contribution in [0.5, 0.6) is 5.88 Å². The van der Waals surface area contributed by atoms with Gasteiger partial charge in [0.2, 0.25) is 11.8 Å². The lowest BCUT2D eigenvalue weighted by Gasteiger charge is -2.38. The van der Waals surface area contributed by atoms with E-state index in [1.165, 1.54) is 6.07 Å². The molecule has 0 aliphatic carbocycles. The van der Waals surface area contributed by atoms with Crippen molar-refractivity contribution in [2.75, 3.05) is 13.1 Å². The first-order valence-electron chi connectivity index (χ1n) is 8.84. The lowest BCUT2D eigenvalue weighted by atomic mass is 10.0. The van der Waals surface area contributed by atoms with E-state index in [1.807, 2.05) is 42.5 Å². The summed E-state index contributed by atoms with van der Waals surface area (Å²) < 4.78 is 43.2. The van der Waals surface area contributed by atoms with Gasteiger partial charge in [-0.15, -0.1) is 0 Å². The van der Waals surface area contributed by atoms with Crippen LogP contribution in [0.3, 0.4) is 0 Å². The van der Waals surface area contributed by atoms with Crippen LogP contribution >= 0.6 is 0 Å². The van der Waals surface area contributed by atoms with Crippen molar-refractivity contribution in [2.24, 2.45) is 0 Å². The Labute approximate surface area is 159 Å². The standard InChI is InChI=1S/C21H17F3N2O2/c22-21(23,24)16-8-9-19(25-11-16)28-17-12-26(13-17)20(27)10-15-6-3-5-14-4-1-2-7-18(14)15/h1-9,11,17H,10,12-13H2. The Morgan fingerprint density at radius 3 is 2.54 bits per heavy atom. The van der Waals surface area contributed by atoms with Gasteiger partial charge in [-0.25, -0.2) is 4.98 Å². The van der Waals surface area contributed by atoms with Gasteiger partial charge < -0.3 is 9.64 Å². The molecule has 0 unspecified atom stereocenters. The average molecular weight is 386 g/mol. The largest absolute Gasteiger partial charge is 0.471 e. The van der Waals surface area contributed by atoms with Crippen molar-refractivity contribution >= 4 is 16.7 Å². The summed E-state index contributed by atoms with van der Waals surface area (Å²) >= 11 is 0. The van der Waals surface area contributed by atoms with Crippen LogP contribution < -0.4 is 4.74 Å². The topological polar surface area (TPSA) is 42.4 Å². The molecule has 0 atom stereocenters. The van der Waals surface area contributed by atoms with Gasteiger partial charge in [0.15, 0.2) is 0 Å². The van der Waals surface area contributed by atoms with Crippen LogP contribution in [0.2, 0.25) is 0 Å². The van der Waals surface area contributed by atoms with Crippen molar-refractivity contribution < 1.29 is 22.7 Å². The maximum absolute atomic E-state index is 12.6. The molecule has 1 aromatic heterocycles. The number of hydrogen-bond donors (Lipinski definition) is 0. The normalized spacial score (nSPS) is 14.8. The molecule has 2 heterocycles. The number of hydrogen-bond acceptors (Lipinski definition) is 3. The number of alkyl halides is 3. The summed E-state index contributed by atoms with van der Waals surface area (Å²) in [6.07, 6.45) is -3.64. The molecule has 3 aromatic rings. The van der Waals surface area contributed by atoms with Crippen molar-refractivity contribution in [3.05, 3.63) is 71.9 Å². The number of fused-ring (bicyclic) bond motifs is 1. The summed E-state index contributed by atoms with van der Waals surface area (Å²) in [5.41, 5.74) is 0.150. The van der Waals surface area contributed by atoms with E-state index in [9.17, 15) is 18.0 Å². The second-order valence-electron chi connectivity index (χ2n) is 6.74. The van der Waals surface area contributed by atoms with Crippen molar-refractivity contribution in [1.29, 1.82) is 0 Å². The van der Waals surface area contributed by atoms with Crippen molar-refractivity contribution in [3.63, 3.8) is 0 Å². The Balaban J connectivity index is 1.33. The van der Waals surface area contributed by atoms with Crippen LogP contribution in [0.15, 0.2) is 60.8 Å². The van der Waals surface area contributed by atoms with Gasteiger partial charge in [0.1, 0.15) is 6.10 Å². The SMILES string of the molecule is O=C(Cc1cccc2ccccc12)N1CC(Oc2ccc(C(F)(F)F)cn2)C1. The highest BCUT2D eigenvalue weighted by molar-refractivity contribution is 5.90. The van der Waals surface area contributed by atoms with Crippen molar-refractivity contribution in [2.45, 2.75) is 18.7 Å². The lowest BCUT2D eigenvalue weighted by molar-refractivity contribution is -0.140. The molecule has 0 bridgehead atoms. The number of amides is 1. The number of benzene rings is 2. The third-order valence-corrected chi connectivity index (χ3v) is 4.77. The molecule has 0 N–H and O–H groups in total. The number of likely N-dealkylation sites (tertiary alicyclic amines) is 1. The second-order valence-corrected chi connectivity index (χ2v) is 6.74. The molecule has 4 nitrogen and oxygen atoms in total. The van der Waals surface area contributed by atoms with Crippen molar-refractivity contribution in [1.82, 2.24) is 9.88 Å². The Hall–Kier alpha value is -3.09. The third-order valence-electron chi connectivity index (χ3n) is 4.77. The van der Waals surface area contributed by atoms with Crippen LogP contribution in [0.1, 0.15) is 11.1 Å². The van der Waals surface area contributed by atoms with Gasteiger partial charge in [0, 0.05) is 12.3 Å². The molecule has 144 valence electrons. The first-order valence-corrected chi connectivity index (χ1v) is 8.84. The summed E-state index contributed by atoms with van der Waals surface area (Å²) in [6, 6.07) is 15.9. The van der Waals surface area contributed by atoms with Gasteiger partial charge in [-0.1, -0.05) is 42.5 Å². The maximum atomic E-state index is 12.6. The molecule has 0 saturated carbocycles. The Kier molecular flexibility index (Phi) is 4.66. The van der Waals surface area contributed by atoms with E-state index < -0.39 is 11.7 Å². The summed E-state index contributed by atoms with van der Waals surface area (Å²) in [4.78, 5) is 17.9. The fourth-order valence-electron chi connectivity index (χ4n) is 3.23. The van der Waals surface area contributed by atoms with Gasteiger partial charge in [-0.05, 0) is 22.4 Å². The highest BCUT2D eigenvalue weighted by Crippen LogP contribution is 2.29. The molecule has 1 aliphatic heterocycles. The van der Waals surface area contributed by atoms with E-state index in [0.717, 1.165) is 28.6 Å². The van der Waals surface area contributed by atoms with Gasteiger partial charge >= 0.3 is 6.18 Å². The molecule has 28 heavy (non-hydrogen) atoms. The van der Waals surface area contributed by atoms with Crippen LogP contribution in [0.4, 0.5) is 13.2 Å². The van der Waals surface area contributed by atoms with E-state index >= 15 is 0 Å². The van der Waals surface area contributed by atoms with Crippen LogP contribution in [-0.4, -0.2) is 35.0 Å². The minimum Gasteiger partial charge on any atom is -0.471 e. The molecule has 0 radical (unpaired) electrons. The first kappa shape index (κ1) is 18.3. The smallest absolute Gasteiger partial charge is 0.417 e. The van der Waals surface area contributed by atoms with Gasteiger partial charge in [0.25, 0.3) is 0 Å².